The molecule has 6 heteroatoms. The van der Waals surface area contributed by atoms with Gasteiger partial charge in [0, 0.05) is 0 Å². The molecule has 0 bridgehead atoms. The van der Waals surface area contributed by atoms with Gasteiger partial charge < -0.3 is 11.5 Å². The average molecular weight is 239 g/mol. The Morgan fingerprint density at radius 2 is 2.00 bits per heavy atom. The van der Waals surface area contributed by atoms with E-state index >= 15 is 0 Å². The van der Waals surface area contributed by atoms with E-state index in [1.807, 2.05) is 13.8 Å². The van der Waals surface area contributed by atoms with Crippen molar-refractivity contribution in [2.75, 3.05) is 6.61 Å². The summed E-state index contributed by atoms with van der Waals surface area (Å²) >= 11 is 0. The fourth-order valence-electron chi connectivity index (χ4n) is 2.37. The third kappa shape index (κ3) is 2.69. The molecule has 1 aliphatic carbocycles. The predicted molar refractivity (Wildman–Crippen MR) is 67.1 cm³/mol. The Bertz CT molecular complexity index is 344. The molecule has 0 saturated heterocycles. The molecular weight excluding hydrogens is 218 g/mol. The zero-order chi connectivity index (χ0) is 12.5. The molecule has 1 saturated carbocycles. The van der Waals surface area contributed by atoms with Crippen molar-refractivity contribution in [3.8, 4) is 0 Å². The van der Waals surface area contributed by atoms with Crippen LogP contribution in [0.2, 0.25) is 0 Å². The normalized spacial score (nSPS) is 24.7. The molecule has 0 aromatic heterocycles. The van der Waals surface area contributed by atoms with Crippen molar-refractivity contribution in [1.29, 1.82) is 0 Å². The van der Waals surface area contributed by atoms with Gasteiger partial charge in [0.2, 0.25) is 11.9 Å². The molecule has 0 radical (unpaired) electrons. The molecule has 1 heterocycles. The number of aliphatic imine (C=N–C) groups is 2. The Balaban J connectivity index is 1.97. The second kappa shape index (κ2) is 4.52. The summed E-state index contributed by atoms with van der Waals surface area (Å²) in [5.74, 6) is 1.11. The van der Waals surface area contributed by atoms with Crippen molar-refractivity contribution >= 4 is 11.9 Å². The van der Waals surface area contributed by atoms with Crippen LogP contribution in [-0.2, 0) is 4.84 Å². The smallest absolute Gasteiger partial charge is 0.226 e. The number of nitrogens with two attached hydrogens (primary N) is 2. The lowest BCUT2D eigenvalue weighted by atomic mass is 10.1. The quantitative estimate of drug-likeness (QED) is 0.762. The first-order valence-corrected chi connectivity index (χ1v) is 6.11. The highest BCUT2D eigenvalue weighted by Gasteiger charge is 2.33. The Morgan fingerprint density at radius 3 is 2.59 bits per heavy atom. The van der Waals surface area contributed by atoms with Crippen molar-refractivity contribution in [2.24, 2.45) is 27.4 Å². The second-order valence-corrected chi connectivity index (χ2v) is 5.18. The summed E-state index contributed by atoms with van der Waals surface area (Å²) in [4.78, 5) is 13.9. The van der Waals surface area contributed by atoms with Crippen LogP contribution in [0.25, 0.3) is 0 Å². The number of hydroxylamine groups is 2. The maximum atomic E-state index is 5.82. The first kappa shape index (κ1) is 12.2. The van der Waals surface area contributed by atoms with Crippen LogP contribution in [0.4, 0.5) is 0 Å². The molecule has 2 rings (SSSR count). The number of guanidine groups is 2. The fraction of sp³-hybridized carbons (Fsp3) is 0.818. The van der Waals surface area contributed by atoms with E-state index in [-0.39, 0.29) is 11.9 Å². The van der Waals surface area contributed by atoms with Crippen molar-refractivity contribution < 1.29 is 4.84 Å². The molecule has 1 aliphatic heterocycles. The van der Waals surface area contributed by atoms with E-state index in [4.69, 9.17) is 16.3 Å². The van der Waals surface area contributed by atoms with Gasteiger partial charge in [0.25, 0.3) is 0 Å². The summed E-state index contributed by atoms with van der Waals surface area (Å²) in [6.45, 7) is 4.47. The van der Waals surface area contributed by atoms with Gasteiger partial charge in [-0.2, -0.15) is 10.1 Å². The largest absolute Gasteiger partial charge is 0.368 e. The van der Waals surface area contributed by atoms with E-state index < -0.39 is 5.66 Å². The number of hydrogen-bond acceptors (Lipinski definition) is 6. The Hall–Kier alpha value is -1.30. The molecule has 17 heavy (non-hydrogen) atoms. The summed E-state index contributed by atoms with van der Waals surface area (Å²) in [5.41, 5.74) is 10.8. The topological polar surface area (TPSA) is 89.2 Å². The van der Waals surface area contributed by atoms with Crippen LogP contribution in [0.1, 0.15) is 39.5 Å². The first-order valence-electron chi connectivity index (χ1n) is 6.11. The highest BCUT2D eigenvalue weighted by atomic mass is 16.7. The third-order valence-electron chi connectivity index (χ3n) is 3.24. The Labute approximate surface area is 102 Å². The lowest BCUT2D eigenvalue weighted by Gasteiger charge is -2.37. The van der Waals surface area contributed by atoms with Crippen LogP contribution in [0.3, 0.4) is 0 Å². The van der Waals surface area contributed by atoms with E-state index in [0.717, 1.165) is 0 Å². The fourth-order valence-corrected chi connectivity index (χ4v) is 2.37. The van der Waals surface area contributed by atoms with Crippen LogP contribution >= 0.6 is 0 Å². The molecule has 0 amide bonds. The van der Waals surface area contributed by atoms with Gasteiger partial charge in [-0.1, -0.05) is 12.8 Å². The van der Waals surface area contributed by atoms with Gasteiger partial charge in [0.05, 0.1) is 6.61 Å². The standard InChI is InChI=1S/C11H21N5O/c1-11(2)15-9(12)14-10(13)16(11)17-7-8-5-3-4-6-8/h8H,3-7H2,1-2H3,(H4,12,13,14,15). The van der Waals surface area contributed by atoms with Crippen LogP contribution in [0.15, 0.2) is 9.98 Å². The summed E-state index contributed by atoms with van der Waals surface area (Å²) in [7, 11) is 0. The van der Waals surface area contributed by atoms with E-state index in [0.29, 0.717) is 12.5 Å². The Morgan fingerprint density at radius 1 is 1.35 bits per heavy atom. The molecule has 4 N–H and O–H groups in total. The lowest BCUT2D eigenvalue weighted by molar-refractivity contribution is -0.166. The van der Waals surface area contributed by atoms with Gasteiger partial charge in [0.1, 0.15) is 0 Å². The van der Waals surface area contributed by atoms with E-state index in [1.165, 1.54) is 25.7 Å². The zero-order valence-electron chi connectivity index (χ0n) is 10.5. The molecule has 0 aromatic rings. The van der Waals surface area contributed by atoms with Crippen molar-refractivity contribution in [1.82, 2.24) is 5.06 Å². The molecule has 1 fully saturated rings. The molecule has 0 atom stereocenters. The minimum atomic E-state index is -0.589. The minimum Gasteiger partial charge on any atom is -0.368 e. The number of nitrogens with zero attached hydrogens (tertiary/aromatic N) is 3. The molecule has 2 aliphatic rings. The SMILES string of the molecule is CC1(C)N=C(N)N=C(N)N1OCC1CCCC1. The lowest BCUT2D eigenvalue weighted by Crippen LogP contribution is -2.54. The summed E-state index contributed by atoms with van der Waals surface area (Å²) in [6.07, 6.45) is 5.06. The van der Waals surface area contributed by atoms with E-state index in [9.17, 15) is 0 Å². The molecule has 6 nitrogen and oxygen atoms in total. The monoisotopic (exact) mass is 239 g/mol. The van der Waals surface area contributed by atoms with Gasteiger partial charge in [-0.15, -0.1) is 0 Å². The van der Waals surface area contributed by atoms with Gasteiger partial charge in [-0.05, 0) is 32.6 Å². The number of rotatable bonds is 3. The third-order valence-corrected chi connectivity index (χ3v) is 3.24. The Kier molecular flexibility index (Phi) is 3.24. The maximum Gasteiger partial charge on any atom is 0.226 e. The van der Waals surface area contributed by atoms with Crippen LogP contribution in [0.5, 0.6) is 0 Å². The van der Waals surface area contributed by atoms with Crippen LogP contribution in [-0.4, -0.2) is 29.3 Å². The highest BCUT2D eigenvalue weighted by Crippen LogP contribution is 2.27. The minimum absolute atomic E-state index is 0.202. The molecule has 0 unspecified atom stereocenters. The molecule has 96 valence electrons. The first-order chi connectivity index (χ1) is 7.99. The predicted octanol–water partition coefficient (Wildman–Crippen LogP) is 0.789. The maximum absolute atomic E-state index is 5.82. The molecule has 0 spiro atoms. The average Bonchev–Trinajstić information content (AvgIpc) is 2.67. The van der Waals surface area contributed by atoms with Crippen molar-refractivity contribution in [3.05, 3.63) is 0 Å². The van der Waals surface area contributed by atoms with Gasteiger partial charge in [-0.25, -0.2) is 4.99 Å². The summed E-state index contributed by atoms with van der Waals surface area (Å²) in [6, 6.07) is 0. The van der Waals surface area contributed by atoms with Crippen molar-refractivity contribution in [2.45, 2.75) is 45.2 Å². The van der Waals surface area contributed by atoms with Gasteiger partial charge in [0.15, 0.2) is 5.66 Å². The molecular formula is C11H21N5O. The van der Waals surface area contributed by atoms with Crippen molar-refractivity contribution in [3.63, 3.8) is 0 Å². The molecule has 0 aromatic carbocycles. The van der Waals surface area contributed by atoms with Crippen LogP contribution in [0, 0.1) is 5.92 Å². The summed E-state index contributed by atoms with van der Waals surface area (Å²) in [5, 5.41) is 1.56. The number of hydrogen-bond donors (Lipinski definition) is 2. The highest BCUT2D eigenvalue weighted by molar-refractivity contribution is 5.95. The second-order valence-electron chi connectivity index (χ2n) is 5.18. The van der Waals surface area contributed by atoms with Gasteiger partial charge in [-0.3, -0.25) is 4.84 Å². The van der Waals surface area contributed by atoms with Crippen LogP contribution < -0.4 is 11.5 Å². The van der Waals surface area contributed by atoms with E-state index in [2.05, 4.69) is 9.98 Å². The zero-order valence-corrected chi connectivity index (χ0v) is 10.5. The van der Waals surface area contributed by atoms with Gasteiger partial charge >= 0.3 is 0 Å². The summed E-state index contributed by atoms with van der Waals surface area (Å²) < 4.78 is 0. The van der Waals surface area contributed by atoms with E-state index in [1.54, 1.807) is 5.06 Å².